The molecule has 0 radical (unpaired) electrons. The predicted octanol–water partition coefficient (Wildman–Crippen LogP) is 3.29. The van der Waals surface area contributed by atoms with Crippen LogP contribution in [0.1, 0.15) is 21.5 Å². The molecule has 0 spiro atoms. The number of esters is 1. The van der Waals surface area contributed by atoms with E-state index in [1.165, 1.54) is 18.2 Å². The maximum atomic E-state index is 13.2. The average Bonchev–Trinajstić information content (AvgIpc) is 2.47. The van der Waals surface area contributed by atoms with Crippen LogP contribution in [0.25, 0.3) is 0 Å². The molecular weight excluding hydrogens is 295 g/mol. The molecular formula is C15H10ClFN2O2. The highest BCUT2D eigenvalue weighted by Crippen LogP contribution is 2.24. The number of carbonyl (C=O) groups excluding carboxylic acids is 1. The largest absolute Gasteiger partial charge is 0.457 e. The summed E-state index contributed by atoms with van der Waals surface area (Å²) >= 11 is 5.91. The third-order valence-corrected chi connectivity index (χ3v) is 3.13. The highest BCUT2D eigenvalue weighted by molar-refractivity contribution is 6.36. The van der Waals surface area contributed by atoms with Gasteiger partial charge in [0.2, 0.25) is 0 Å². The summed E-state index contributed by atoms with van der Waals surface area (Å²) in [6, 6.07) is 10.2. The van der Waals surface area contributed by atoms with Crippen LogP contribution in [0.2, 0.25) is 5.02 Å². The quantitative estimate of drug-likeness (QED) is 0.697. The first kappa shape index (κ1) is 14.8. The molecule has 0 saturated carbocycles. The van der Waals surface area contributed by atoms with Crippen molar-refractivity contribution in [2.45, 2.75) is 6.61 Å². The van der Waals surface area contributed by atoms with Gasteiger partial charge < -0.3 is 10.5 Å². The lowest BCUT2D eigenvalue weighted by atomic mass is 10.1. The Morgan fingerprint density at radius 3 is 2.86 bits per heavy atom. The zero-order chi connectivity index (χ0) is 15.4. The fourth-order valence-corrected chi connectivity index (χ4v) is 1.94. The molecule has 0 amide bonds. The number of rotatable bonds is 3. The van der Waals surface area contributed by atoms with Crippen LogP contribution in [0, 0.1) is 17.1 Å². The molecule has 106 valence electrons. The van der Waals surface area contributed by atoms with Crippen molar-refractivity contribution < 1.29 is 13.9 Å². The molecule has 0 saturated heterocycles. The van der Waals surface area contributed by atoms with Gasteiger partial charge in [0.25, 0.3) is 0 Å². The SMILES string of the molecule is N#Cc1cc(F)cc(COC(=O)c2cccc(N)c2Cl)c1. The number of anilines is 1. The molecule has 0 aliphatic heterocycles. The van der Waals surface area contributed by atoms with Crippen LogP contribution in [-0.2, 0) is 11.3 Å². The Kier molecular flexibility index (Phi) is 4.41. The Morgan fingerprint density at radius 1 is 1.38 bits per heavy atom. The van der Waals surface area contributed by atoms with E-state index in [4.69, 9.17) is 27.3 Å². The molecule has 2 aromatic rings. The summed E-state index contributed by atoms with van der Waals surface area (Å²) in [4.78, 5) is 11.9. The molecule has 2 aromatic carbocycles. The fourth-order valence-electron chi connectivity index (χ4n) is 1.73. The van der Waals surface area contributed by atoms with Crippen molar-refractivity contribution in [3.63, 3.8) is 0 Å². The summed E-state index contributed by atoms with van der Waals surface area (Å²) in [7, 11) is 0. The maximum Gasteiger partial charge on any atom is 0.340 e. The first-order valence-corrected chi connectivity index (χ1v) is 6.29. The van der Waals surface area contributed by atoms with Crippen molar-refractivity contribution in [2.75, 3.05) is 5.73 Å². The summed E-state index contributed by atoms with van der Waals surface area (Å²) in [6.45, 7) is -0.170. The van der Waals surface area contributed by atoms with E-state index in [1.807, 2.05) is 6.07 Å². The van der Waals surface area contributed by atoms with Gasteiger partial charge in [0, 0.05) is 0 Å². The first-order valence-electron chi connectivity index (χ1n) is 5.92. The third kappa shape index (κ3) is 3.50. The number of hydrogen-bond donors (Lipinski definition) is 1. The normalized spacial score (nSPS) is 9.95. The van der Waals surface area contributed by atoms with Crippen LogP contribution < -0.4 is 5.73 Å². The molecule has 0 aliphatic rings. The van der Waals surface area contributed by atoms with Crippen LogP contribution in [0.5, 0.6) is 0 Å². The summed E-state index contributed by atoms with van der Waals surface area (Å²) in [5.74, 6) is -1.24. The zero-order valence-electron chi connectivity index (χ0n) is 10.8. The van der Waals surface area contributed by atoms with Crippen LogP contribution in [0.3, 0.4) is 0 Å². The van der Waals surface area contributed by atoms with Gasteiger partial charge in [-0.15, -0.1) is 0 Å². The Morgan fingerprint density at radius 2 is 2.14 bits per heavy atom. The molecule has 0 fully saturated rings. The Labute approximate surface area is 125 Å². The van der Waals surface area contributed by atoms with E-state index >= 15 is 0 Å². The van der Waals surface area contributed by atoms with E-state index in [1.54, 1.807) is 12.1 Å². The van der Waals surface area contributed by atoms with E-state index < -0.39 is 11.8 Å². The van der Waals surface area contributed by atoms with Crippen molar-refractivity contribution in [3.8, 4) is 6.07 Å². The lowest BCUT2D eigenvalue weighted by Gasteiger charge is -2.08. The Hall–Kier alpha value is -2.58. The van der Waals surface area contributed by atoms with Crippen molar-refractivity contribution >= 4 is 23.3 Å². The van der Waals surface area contributed by atoms with Gasteiger partial charge >= 0.3 is 5.97 Å². The van der Waals surface area contributed by atoms with Gasteiger partial charge in [-0.2, -0.15) is 5.26 Å². The van der Waals surface area contributed by atoms with Gasteiger partial charge in [0.1, 0.15) is 12.4 Å². The topological polar surface area (TPSA) is 76.1 Å². The lowest BCUT2D eigenvalue weighted by Crippen LogP contribution is -2.07. The average molecular weight is 305 g/mol. The lowest BCUT2D eigenvalue weighted by molar-refractivity contribution is 0.0472. The van der Waals surface area contributed by atoms with Gasteiger partial charge in [-0.25, -0.2) is 9.18 Å². The Balaban J connectivity index is 2.13. The number of nitrogens with two attached hydrogens (primary N) is 1. The van der Waals surface area contributed by atoms with Gasteiger partial charge in [0.05, 0.1) is 27.9 Å². The molecule has 2 rings (SSSR count). The molecule has 0 bridgehead atoms. The number of nitrogens with zero attached hydrogens (tertiary/aromatic N) is 1. The van der Waals surface area contributed by atoms with Gasteiger partial charge in [-0.1, -0.05) is 17.7 Å². The van der Waals surface area contributed by atoms with Crippen LogP contribution in [0.15, 0.2) is 36.4 Å². The van der Waals surface area contributed by atoms with E-state index in [-0.39, 0.29) is 28.4 Å². The van der Waals surface area contributed by atoms with Crippen LogP contribution >= 0.6 is 11.6 Å². The third-order valence-electron chi connectivity index (χ3n) is 2.71. The minimum absolute atomic E-state index is 0.111. The van der Waals surface area contributed by atoms with Crippen LogP contribution in [-0.4, -0.2) is 5.97 Å². The van der Waals surface area contributed by atoms with Crippen LogP contribution in [0.4, 0.5) is 10.1 Å². The van der Waals surface area contributed by atoms with E-state index in [0.717, 1.165) is 6.07 Å². The second-order valence-electron chi connectivity index (χ2n) is 4.24. The molecule has 6 heteroatoms. The highest BCUT2D eigenvalue weighted by Gasteiger charge is 2.14. The molecule has 0 atom stereocenters. The Bertz CT molecular complexity index is 741. The van der Waals surface area contributed by atoms with E-state index in [0.29, 0.717) is 5.56 Å². The fraction of sp³-hybridized carbons (Fsp3) is 0.0667. The number of ether oxygens (including phenoxy) is 1. The van der Waals surface area contributed by atoms with Crippen molar-refractivity contribution in [1.29, 1.82) is 5.26 Å². The summed E-state index contributed by atoms with van der Waals surface area (Å²) in [6.07, 6.45) is 0. The maximum absolute atomic E-state index is 13.2. The first-order chi connectivity index (χ1) is 10.0. The minimum atomic E-state index is -0.671. The van der Waals surface area contributed by atoms with E-state index in [2.05, 4.69) is 0 Å². The van der Waals surface area contributed by atoms with Crippen molar-refractivity contribution in [2.24, 2.45) is 0 Å². The van der Waals surface area contributed by atoms with Crippen molar-refractivity contribution in [1.82, 2.24) is 0 Å². The molecule has 0 heterocycles. The van der Waals surface area contributed by atoms with Gasteiger partial charge in [0.15, 0.2) is 0 Å². The molecule has 0 unspecified atom stereocenters. The second-order valence-corrected chi connectivity index (χ2v) is 4.62. The van der Waals surface area contributed by atoms with Gasteiger partial charge in [-0.05, 0) is 35.9 Å². The zero-order valence-corrected chi connectivity index (χ0v) is 11.5. The number of nitrogen functional groups attached to an aromatic ring is 1. The molecule has 2 N–H and O–H groups in total. The number of carbonyl (C=O) groups is 1. The molecule has 4 nitrogen and oxygen atoms in total. The molecule has 0 aromatic heterocycles. The van der Waals surface area contributed by atoms with Crippen molar-refractivity contribution in [3.05, 3.63) is 63.9 Å². The standard InChI is InChI=1S/C15H10ClFN2O2/c16-14-12(2-1-3-13(14)19)15(20)21-8-10-4-9(7-18)5-11(17)6-10/h1-6H,8,19H2. The summed E-state index contributed by atoms with van der Waals surface area (Å²) in [5, 5.41) is 8.86. The smallest absolute Gasteiger partial charge is 0.340 e. The highest BCUT2D eigenvalue weighted by atomic mass is 35.5. The summed E-state index contributed by atoms with van der Waals surface area (Å²) < 4.78 is 18.3. The number of nitriles is 1. The minimum Gasteiger partial charge on any atom is -0.457 e. The number of hydrogen-bond acceptors (Lipinski definition) is 4. The molecule has 21 heavy (non-hydrogen) atoms. The van der Waals surface area contributed by atoms with Gasteiger partial charge in [-0.3, -0.25) is 0 Å². The molecule has 0 aliphatic carbocycles. The number of halogens is 2. The summed E-state index contributed by atoms with van der Waals surface area (Å²) in [5.41, 5.74) is 6.53. The number of benzene rings is 2. The monoisotopic (exact) mass is 304 g/mol. The second kappa shape index (κ2) is 6.25. The predicted molar refractivity (Wildman–Crippen MR) is 76.1 cm³/mol. The van der Waals surface area contributed by atoms with E-state index in [9.17, 15) is 9.18 Å².